The van der Waals surface area contributed by atoms with Gasteiger partial charge < -0.3 is 15.0 Å². The summed E-state index contributed by atoms with van der Waals surface area (Å²) in [5.74, 6) is -0.185. The maximum absolute atomic E-state index is 12.0. The number of piperazine rings is 1. The zero-order chi connectivity index (χ0) is 16.7. The normalized spacial score (nSPS) is 14.9. The predicted octanol–water partition coefficient (Wildman–Crippen LogP) is 0.672. The van der Waals surface area contributed by atoms with E-state index in [4.69, 9.17) is 10.00 Å². The van der Waals surface area contributed by atoms with Crippen LogP contribution < -0.4 is 5.32 Å². The van der Waals surface area contributed by atoms with E-state index < -0.39 is 0 Å². The van der Waals surface area contributed by atoms with Crippen molar-refractivity contribution in [2.75, 3.05) is 46.4 Å². The van der Waals surface area contributed by atoms with Gasteiger partial charge in [-0.25, -0.2) is 4.79 Å². The Hall–Kier alpha value is -2.59. The molecule has 7 heteroatoms. The van der Waals surface area contributed by atoms with Gasteiger partial charge in [-0.05, 0) is 18.2 Å². The van der Waals surface area contributed by atoms with Crippen molar-refractivity contribution in [1.82, 2.24) is 15.1 Å². The maximum Gasteiger partial charge on any atom is 0.409 e. The topological polar surface area (TPSA) is 85.7 Å². The van der Waals surface area contributed by atoms with Gasteiger partial charge in [-0.3, -0.25) is 9.69 Å². The fourth-order valence-electron chi connectivity index (χ4n) is 2.44. The van der Waals surface area contributed by atoms with Gasteiger partial charge in [-0.1, -0.05) is 6.07 Å². The van der Waals surface area contributed by atoms with Gasteiger partial charge in [0, 0.05) is 44.8 Å². The lowest BCUT2D eigenvalue weighted by Crippen LogP contribution is -2.50. The summed E-state index contributed by atoms with van der Waals surface area (Å²) in [6, 6.07) is 8.64. The van der Waals surface area contributed by atoms with E-state index >= 15 is 0 Å². The average molecular weight is 316 g/mol. The number of carbonyl (C=O) groups excluding carboxylic acids is 2. The first-order valence-corrected chi connectivity index (χ1v) is 7.47. The van der Waals surface area contributed by atoms with Crippen LogP contribution in [0.25, 0.3) is 0 Å². The molecule has 2 rings (SSSR count). The van der Waals surface area contributed by atoms with Crippen LogP contribution in [0.5, 0.6) is 0 Å². The lowest BCUT2D eigenvalue weighted by molar-refractivity contribution is 0.0885. The van der Waals surface area contributed by atoms with Gasteiger partial charge in [-0.15, -0.1) is 0 Å². The molecule has 23 heavy (non-hydrogen) atoms. The van der Waals surface area contributed by atoms with Crippen LogP contribution in [0.2, 0.25) is 0 Å². The molecule has 0 bridgehead atoms. The quantitative estimate of drug-likeness (QED) is 0.882. The first kappa shape index (κ1) is 16.8. The minimum absolute atomic E-state index is 0.185. The highest BCUT2D eigenvalue weighted by molar-refractivity contribution is 5.94. The Labute approximate surface area is 135 Å². The lowest BCUT2D eigenvalue weighted by Gasteiger charge is -2.33. The summed E-state index contributed by atoms with van der Waals surface area (Å²) in [5.41, 5.74) is 0.955. The van der Waals surface area contributed by atoms with E-state index in [0.29, 0.717) is 30.8 Å². The molecule has 0 aromatic heterocycles. The predicted molar refractivity (Wildman–Crippen MR) is 83.9 cm³/mol. The Morgan fingerprint density at radius 3 is 2.70 bits per heavy atom. The van der Waals surface area contributed by atoms with Gasteiger partial charge in [0.2, 0.25) is 0 Å². The van der Waals surface area contributed by atoms with Crippen molar-refractivity contribution < 1.29 is 14.3 Å². The number of hydrogen-bond acceptors (Lipinski definition) is 5. The highest BCUT2D eigenvalue weighted by Crippen LogP contribution is 2.05. The molecule has 0 saturated carbocycles. The van der Waals surface area contributed by atoms with Crippen molar-refractivity contribution in [3.63, 3.8) is 0 Å². The molecule has 7 nitrogen and oxygen atoms in total. The Morgan fingerprint density at radius 1 is 1.30 bits per heavy atom. The number of nitrogens with zero attached hydrogens (tertiary/aromatic N) is 3. The van der Waals surface area contributed by atoms with E-state index in [0.717, 1.165) is 19.6 Å². The van der Waals surface area contributed by atoms with Crippen LogP contribution in [-0.4, -0.2) is 68.2 Å². The second kappa shape index (κ2) is 8.15. The molecule has 1 aromatic carbocycles. The molecule has 0 radical (unpaired) electrons. The molecular formula is C16H20N4O3. The number of methoxy groups -OCH3 is 1. The van der Waals surface area contributed by atoms with Gasteiger partial charge in [0.1, 0.15) is 0 Å². The minimum atomic E-state index is -0.296. The summed E-state index contributed by atoms with van der Waals surface area (Å²) in [4.78, 5) is 27.3. The highest BCUT2D eigenvalue weighted by Gasteiger charge is 2.21. The number of nitrogens with one attached hydrogen (secondary N) is 1. The van der Waals surface area contributed by atoms with Crippen LogP contribution in [0, 0.1) is 11.3 Å². The van der Waals surface area contributed by atoms with Crippen LogP contribution in [-0.2, 0) is 4.74 Å². The largest absolute Gasteiger partial charge is 0.453 e. The molecule has 1 aliphatic rings. The molecule has 1 saturated heterocycles. The Balaban J connectivity index is 1.72. The summed E-state index contributed by atoms with van der Waals surface area (Å²) < 4.78 is 4.69. The molecule has 0 atom stereocenters. The number of carbonyl (C=O) groups is 2. The van der Waals surface area contributed by atoms with Crippen LogP contribution in [0.15, 0.2) is 24.3 Å². The zero-order valence-electron chi connectivity index (χ0n) is 13.1. The van der Waals surface area contributed by atoms with Gasteiger partial charge in [0.25, 0.3) is 5.91 Å². The Morgan fingerprint density at radius 2 is 2.04 bits per heavy atom. The minimum Gasteiger partial charge on any atom is -0.453 e. The summed E-state index contributed by atoms with van der Waals surface area (Å²) in [6.45, 7) is 4.02. The van der Waals surface area contributed by atoms with Crippen LogP contribution in [0.1, 0.15) is 15.9 Å². The van der Waals surface area contributed by atoms with Crippen molar-refractivity contribution in [2.24, 2.45) is 0 Å². The van der Waals surface area contributed by atoms with Crippen LogP contribution >= 0.6 is 0 Å². The second-order valence-corrected chi connectivity index (χ2v) is 5.25. The van der Waals surface area contributed by atoms with E-state index in [1.807, 2.05) is 6.07 Å². The van der Waals surface area contributed by atoms with E-state index in [2.05, 4.69) is 10.2 Å². The van der Waals surface area contributed by atoms with Gasteiger partial charge in [0.15, 0.2) is 0 Å². The summed E-state index contributed by atoms with van der Waals surface area (Å²) in [6.07, 6.45) is -0.296. The first-order valence-electron chi connectivity index (χ1n) is 7.47. The smallest absolute Gasteiger partial charge is 0.409 e. The third kappa shape index (κ3) is 4.69. The molecule has 1 fully saturated rings. The fraction of sp³-hybridized carbons (Fsp3) is 0.438. The average Bonchev–Trinajstić information content (AvgIpc) is 2.61. The van der Waals surface area contributed by atoms with Gasteiger partial charge in [0.05, 0.1) is 18.7 Å². The fourth-order valence-corrected chi connectivity index (χ4v) is 2.44. The van der Waals surface area contributed by atoms with E-state index in [-0.39, 0.29) is 12.0 Å². The number of nitriles is 1. The summed E-state index contributed by atoms with van der Waals surface area (Å²) in [5, 5.41) is 11.7. The number of ether oxygens (including phenoxy) is 1. The van der Waals surface area contributed by atoms with Crippen molar-refractivity contribution >= 4 is 12.0 Å². The molecule has 0 spiro atoms. The SMILES string of the molecule is COC(=O)N1CCN(CCNC(=O)c2cccc(C#N)c2)CC1. The molecule has 1 aliphatic heterocycles. The Bertz CT molecular complexity index is 604. The number of hydrogen-bond donors (Lipinski definition) is 1. The summed E-state index contributed by atoms with van der Waals surface area (Å²) in [7, 11) is 1.38. The van der Waals surface area contributed by atoms with Crippen molar-refractivity contribution in [3.8, 4) is 6.07 Å². The van der Waals surface area contributed by atoms with Gasteiger partial charge >= 0.3 is 6.09 Å². The molecule has 1 heterocycles. The second-order valence-electron chi connectivity index (χ2n) is 5.25. The van der Waals surface area contributed by atoms with E-state index in [1.165, 1.54) is 7.11 Å². The van der Waals surface area contributed by atoms with Crippen LogP contribution in [0.4, 0.5) is 4.79 Å². The number of benzene rings is 1. The molecule has 1 aromatic rings. The summed E-state index contributed by atoms with van der Waals surface area (Å²) >= 11 is 0. The number of amides is 2. The van der Waals surface area contributed by atoms with E-state index in [9.17, 15) is 9.59 Å². The Kier molecular flexibility index (Phi) is 5.94. The van der Waals surface area contributed by atoms with Crippen molar-refractivity contribution in [1.29, 1.82) is 5.26 Å². The third-order valence-corrected chi connectivity index (χ3v) is 3.77. The molecule has 0 aliphatic carbocycles. The number of rotatable bonds is 4. The molecule has 1 N–H and O–H groups in total. The molecule has 0 unspecified atom stereocenters. The first-order chi connectivity index (χ1) is 11.1. The maximum atomic E-state index is 12.0. The highest BCUT2D eigenvalue weighted by atomic mass is 16.5. The molecular weight excluding hydrogens is 296 g/mol. The van der Waals surface area contributed by atoms with Crippen LogP contribution in [0.3, 0.4) is 0 Å². The third-order valence-electron chi connectivity index (χ3n) is 3.77. The van der Waals surface area contributed by atoms with Crippen molar-refractivity contribution in [3.05, 3.63) is 35.4 Å². The van der Waals surface area contributed by atoms with Crippen molar-refractivity contribution in [2.45, 2.75) is 0 Å². The van der Waals surface area contributed by atoms with Gasteiger partial charge in [-0.2, -0.15) is 5.26 Å². The monoisotopic (exact) mass is 316 g/mol. The lowest BCUT2D eigenvalue weighted by atomic mass is 10.1. The molecule has 2 amide bonds. The molecule has 122 valence electrons. The van der Waals surface area contributed by atoms with E-state index in [1.54, 1.807) is 29.2 Å². The zero-order valence-corrected chi connectivity index (χ0v) is 13.1. The standard InChI is InChI=1S/C16H20N4O3/c1-23-16(22)20-9-7-19(8-10-20)6-5-18-15(21)14-4-2-3-13(11-14)12-17/h2-4,11H,5-10H2,1H3,(H,18,21).